The summed E-state index contributed by atoms with van der Waals surface area (Å²) in [5, 5.41) is 3.36. The fraction of sp³-hybridized carbons (Fsp3) is 0.545. The lowest BCUT2D eigenvalue weighted by Crippen LogP contribution is -2.15. The zero-order valence-corrected chi connectivity index (χ0v) is 10.4. The van der Waals surface area contributed by atoms with Gasteiger partial charge in [0.15, 0.2) is 0 Å². The minimum absolute atomic E-state index is 0.624. The molecule has 2 heterocycles. The Labute approximate surface area is 98.4 Å². The number of rotatable bonds is 3. The van der Waals surface area contributed by atoms with Crippen LogP contribution >= 0.6 is 15.9 Å². The van der Waals surface area contributed by atoms with Gasteiger partial charge in [0.1, 0.15) is 5.82 Å². The molecule has 15 heavy (non-hydrogen) atoms. The van der Waals surface area contributed by atoms with Crippen LogP contribution in [-0.2, 0) is 4.74 Å². The second-order valence-electron chi connectivity index (χ2n) is 3.90. The van der Waals surface area contributed by atoms with Crippen LogP contribution in [0.4, 0.5) is 5.82 Å². The molecule has 1 unspecified atom stereocenters. The van der Waals surface area contributed by atoms with E-state index < -0.39 is 0 Å². The number of hydrogen-bond donors (Lipinski definition) is 1. The molecular weight excluding hydrogens is 256 g/mol. The Kier molecular flexibility index (Phi) is 3.59. The van der Waals surface area contributed by atoms with E-state index in [-0.39, 0.29) is 0 Å². The molecule has 1 aromatic rings. The van der Waals surface area contributed by atoms with Gasteiger partial charge >= 0.3 is 0 Å². The topological polar surface area (TPSA) is 34.2 Å². The molecule has 0 bridgehead atoms. The summed E-state index contributed by atoms with van der Waals surface area (Å²) in [5.41, 5.74) is 1.20. The largest absolute Gasteiger partial charge is 0.381 e. The molecule has 4 heteroatoms. The Morgan fingerprint density at radius 2 is 2.53 bits per heavy atom. The van der Waals surface area contributed by atoms with Crippen LogP contribution in [0.15, 0.2) is 16.7 Å². The Morgan fingerprint density at radius 3 is 3.27 bits per heavy atom. The third-order valence-corrected chi connectivity index (χ3v) is 3.67. The maximum absolute atomic E-state index is 5.33. The zero-order valence-electron chi connectivity index (χ0n) is 8.79. The number of pyridine rings is 1. The van der Waals surface area contributed by atoms with Crippen LogP contribution in [0, 0.1) is 12.8 Å². The Morgan fingerprint density at radius 1 is 1.67 bits per heavy atom. The summed E-state index contributed by atoms with van der Waals surface area (Å²) in [6.45, 7) is 4.77. The number of nitrogens with zero attached hydrogens (tertiary/aromatic N) is 1. The Hall–Kier alpha value is -0.610. The molecule has 0 saturated carbocycles. The highest BCUT2D eigenvalue weighted by Crippen LogP contribution is 2.24. The third-order valence-electron chi connectivity index (χ3n) is 2.66. The molecule has 1 atom stereocenters. The van der Waals surface area contributed by atoms with Crippen molar-refractivity contribution in [2.24, 2.45) is 5.92 Å². The average molecular weight is 271 g/mol. The van der Waals surface area contributed by atoms with Crippen molar-refractivity contribution in [2.45, 2.75) is 13.3 Å². The van der Waals surface area contributed by atoms with Crippen LogP contribution in [0.25, 0.3) is 0 Å². The fourth-order valence-electron chi connectivity index (χ4n) is 1.65. The molecule has 0 radical (unpaired) electrons. The van der Waals surface area contributed by atoms with Gasteiger partial charge in [-0.25, -0.2) is 4.98 Å². The number of aromatic nitrogens is 1. The number of ether oxygens (including phenoxy) is 1. The van der Waals surface area contributed by atoms with E-state index in [1.807, 2.05) is 12.3 Å². The van der Waals surface area contributed by atoms with Gasteiger partial charge in [-0.05, 0) is 40.9 Å². The van der Waals surface area contributed by atoms with Gasteiger partial charge < -0.3 is 10.1 Å². The molecule has 1 aliphatic heterocycles. The van der Waals surface area contributed by atoms with Crippen molar-refractivity contribution in [2.75, 3.05) is 25.1 Å². The molecule has 3 nitrogen and oxygen atoms in total. The lowest BCUT2D eigenvalue weighted by atomic mass is 10.1. The highest BCUT2D eigenvalue weighted by Gasteiger charge is 2.15. The van der Waals surface area contributed by atoms with Gasteiger partial charge in [0, 0.05) is 25.3 Å². The third kappa shape index (κ3) is 2.69. The quantitative estimate of drug-likeness (QED) is 0.917. The van der Waals surface area contributed by atoms with Gasteiger partial charge in [0.25, 0.3) is 0 Å². The summed E-state index contributed by atoms with van der Waals surface area (Å²) < 4.78 is 6.39. The zero-order chi connectivity index (χ0) is 10.7. The first-order valence-corrected chi connectivity index (χ1v) is 5.99. The van der Waals surface area contributed by atoms with Crippen molar-refractivity contribution in [1.82, 2.24) is 4.98 Å². The van der Waals surface area contributed by atoms with Gasteiger partial charge in [-0.1, -0.05) is 0 Å². The molecule has 1 fully saturated rings. The summed E-state index contributed by atoms with van der Waals surface area (Å²) in [4.78, 5) is 4.30. The summed E-state index contributed by atoms with van der Waals surface area (Å²) in [6, 6.07) is 1.99. The van der Waals surface area contributed by atoms with E-state index >= 15 is 0 Å². The smallest absolute Gasteiger partial charge is 0.140 e. The van der Waals surface area contributed by atoms with Crippen molar-refractivity contribution in [3.8, 4) is 0 Å². The molecule has 1 saturated heterocycles. The lowest BCUT2D eigenvalue weighted by Gasteiger charge is -2.12. The second kappa shape index (κ2) is 4.94. The van der Waals surface area contributed by atoms with E-state index in [0.29, 0.717) is 5.92 Å². The SMILES string of the molecule is Cc1ccnc(NCC2CCOC2)c1Br. The van der Waals surface area contributed by atoms with Crippen LogP contribution in [0.5, 0.6) is 0 Å². The fourth-order valence-corrected chi connectivity index (χ4v) is 2.02. The summed E-state index contributed by atoms with van der Waals surface area (Å²) >= 11 is 3.53. The first-order valence-electron chi connectivity index (χ1n) is 5.20. The van der Waals surface area contributed by atoms with Crippen molar-refractivity contribution in [3.05, 3.63) is 22.3 Å². The van der Waals surface area contributed by atoms with E-state index in [0.717, 1.165) is 36.5 Å². The number of nitrogens with one attached hydrogen (secondary N) is 1. The van der Waals surface area contributed by atoms with Gasteiger partial charge in [-0.2, -0.15) is 0 Å². The summed E-state index contributed by atoms with van der Waals surface area (Å²) in [5.74, 6) is 1.56. The average Bonchev–Trinajstić information content (AvgIpc) is 2.73. The molecule has 0 spiro atoms. The van der Waals surface area contributed by atoms with Gasteiger partial charge in [0.05, 0.1) is 11.1 Å². The first-order chi connectivity index (χ1) is 7.27. The Bertz CT molecular complexity index is 337. The summed E-state index contributed by atoms with van der Waals surface area (Å²) in [7, 11) is 0. The minimum atomic E-state index is 0.624. The second-order valence-corrected chi connectivity index (χ2v) is 4.69. The van der Waals surface area contributed by atoms with Gasteiger partial charge in [-0.15, -0.1) is 0 Å². The van der Waals surface area contributed by atoms with E-state index in [1.54, 1.807) is 0 Å². The molecule has 1 aliphatic rings. The maximum atomic E-state index is 5.33. The van der Waals surface area contributed by atoms with Crippen LogP contribution < -0.4 is 5.32 Å². The number of halogens is 1. The normalized spacial score (nSPS) is 20.5. The molecule has 2 rings (SSSR count). The van der Waals surface area contributed by atoms with Crippen LogP contribution in [0.3, 0.4) is 0 Å². The predicted octanol–water partition coefficient (Wildman–Crippen LogP) is 2.60. The van der Waals surface area contributed by atoms with E-state index in [2.05, 4.69) is 33.2 Å². The molecule has 0 aromatic carbocycles. The van der Waals surface area contributed by atoms with Crippen molar-refractivity contribution < 1.29 is 4.74 Å². The molecule has 82 valence electrons. The standard InChI is InChI=1S/C11H15BrN2O/c1-8-2-4-13-11(10(8)12)14-6-9-3-5-15-7-9/h2,4,9H,3,5-7H2,1H3,(H,13,14). The molecule has 0 amide bonds. The first kappa shape index (κ1) is 10.9. The number of hydrogen-bond acceptors (Lipinski definition) is 3. The van der Waals surface area contributed by atoms with Crippen molar-refractivity contribution in [1.29, 1.82) is 0 Å². The lowest BCUT2D eigenvalue weighted by molar-refractivity contribution is 0.187. The Balaban J connectivity index is 1.95. The van der Waals surface area contributed by atoms with E-state index in [1.165, 1.54) is 5.56 Å². The number of anilines is 1. The van der Waals surface area contributed by atoms with Crippen LogP contribution in [-0.4, -0.2) is 24.7 Å². The van der Waals surface area contributed by atoms with Gasteiger partial charge in [0.2, 0.25) is 0 Å². The van der Waals surface area contributed by atoms with Crippen LogP contribution in [0.2, 0.25) is 0 Å². The molecule has 1 aromatic heterocycles. The molecule has 0 aliphatic carbocycles. The van der Waals surface area contributed by atoms with Crippen molar-refractivity contribution in [3.63, 3.8) is 0 Å². The van der Waals surface area contributed by atoms with Crippen LogP contribution in [0.1, 0.15) is 12.0 Å². The monoisotopic (exact) mass is 270 g/mol. The molecular formula is C11H15BrN2O. The number of aryl methyl sites for hydroxylation is 1. The van der Waals surface area contributed by atoms with Gasteiger partial charge in [-0.3, -0.25) is 0 Å². The highest BCUT2D eigenvalue weighted by molar-refractivity contribution is 9.10. The van der Waals surface area contributed by atoms with Crippen molar-refractivity contribution >= 4 is 21.7 Å². The highest BCUT2D eigenvalue weighted by atomic mass is 79.9. The molecule has 1 N–H and O–H groups in total. The minimum Gasteiger partial charge on any atom is -0.381 e. The van der Waals surface area contributed by atoms with E-state index in [9.17, 15) is 0 Å². The predicted molar refractivity (Wildman–Crippen MR) is 64.1 cm³/mol. The maximum Gasteiger partial charge on any atom is 0.140 e. The van der Waals surface area contributed by atoms with E-state index in [4.69, 9.17) is 4.74 Å². The summed E-state index contributed by atoms with van der Waals surface area (Å²) in [6.07, 6.45) is 2.98.